The minimum atomic E-state index is -2.01. The minimum Gasteiger partial charge on any atom is -0.480 e. The van der Waals surface area contributed by atoms with E-state index in [4.69, 9.17) is 15.6 Å². The average molecular weight is 453 g/mol. The summed E-state index contributed by atoms with van der Waals surface area (Å²) < 4.78 is 4.96. The van der Waals surface area contributed by atoms with E-state index in [1.54, 1.807) is 10.9 Å². The quantitative estimate of drug-likeness (QED) is 0.346. The highest BCUT2D eigenvalue weighted by molar-refractivity contribution is 7.07. The standard InChI is InChI=1S/C18H23N5O7S/c1-9-13(22-17(29)30-9)14(26)18(16(28)20-6-12(24)25)3-2-4-23(18)15(27)11(19)5-10-7-31-8-21-10/h7-9,11,13H,2-6,19H2,1H3,(H,20,28)(H,22,29)(H,24,25)/t9?,11-,13?,18+/m0/s1. The zero-order chi connectivity index (χ0) is 22.8. The Balaban J connectivity index is 1.92. The van der Waals surface area contributed by atoms with Crippen molar-refractivity contribution in [1.82, 2.24) is 20.5 Å². The van der Waals surface area contributed by atoms with Crippen molar-refractivity contribution in [2.75, 3.05) is 13.1 Å². The van der Waals surface area contributed by atoms with E-state index in [1.807, 2.05) is 0 Å². The zero-order valence-electron chi connectivity index (χ0n) is 16.7. The molecular formula is C18H23N5O7S. The molecular weight excluding hydrogens is 430 g/mol. The number of alkyl carbamates (subject to hydrolysis) is 1. The number of ketones is 1. The number of cyclic esters (lactones) is 1. The third-order valence-electron chi connectivity index (χ3n) is 5.38. The molecule has 0 aliphatic carbocycles. The summed E-state index contributed by atoms with van der Waals surface area (Å²) in [6, 6.07) is -2.24. The number of carboxylic acid groups (broad SMARTS) is 1. The molecule has 0 spiro atoms. The molecule has 31 heavy (non-hydrogen) atoms. The summed E-state index contributed by atoms with van der Waals surface area (Å²) in [4.78, 5) is 67.6. The van der Waals surface area contributed by atoms with Gasteiger partial charge >= 0.3 is 12.1 Å². The number of amides is 3. The van der Waals surface area contributed by atoms with Gasteiger partial charge in [-0.05, 0) is 19.8 Å². The Morgan fingerprint density at radius 3 is 2.81 bits per heavy atom. The molecule has 2 aliphatic rings. The van der Waals surface area contributed by atoms with Crippen LogP contribution in [0.5, 0.6) is 0 Å². The minimum absolute atomic E-state index is 0.0362. The second kappa shape index (κ2) is 8.98. The fraction of sp³-hybridized carbons (Fsp3) is 0.556. The van der Waals surface area contributed by atoms with E-state index in [1.165, 1.54) is 18.3 Å². The third-order valence-corrected chi connectivity index (χ3v) is 6.01. The lowest BCUT2D eigenvalue weighted by atomic mass is 9.83. The van der Waals surface area contributed by atoms with E-state index in [0.29, 0.717) is 12.1 Å². The Bertz CT molecular complexity index is 892. The molecule has 1 aromatic heterocycles. The third kappa shape index (κ3) is 4.37. The van der Waals surface area contributed by atoms with Crippen LogP contribution in [0.2, 0.25) is 0 Å². The smallest absolute Gasteiger partial charge is 0.408 e. The number of nitrogens with one attached hydrogen (secondary N) is 2. The lowest BCUT2D eigenvalue weighted by molar-refractivity contribution is -0.155. The van der Waals surface area contributed by atoms with Gasteiger partial charge in [-0.2, -0.15) is 0 Å². The van der Waals surface area contributed by atoms with Crippen molar-refractivity contribution >= 4 is 41.0 Å². The number of hydrogen-bond donors (Lipinski definition) is 4. The molecule has 12 nitrogen and oxygen atoms in total. The van der Waals surface area contributed by atoms with Crippen LogP contribution in [-0.2, 0) is 30.3 Å². The molecule has 0 radical (unpaired) electrons. The summed E-state index contributed by atoms with van der Waals surface area (Å²) in [6.07, 6.45) is -1.30. The van der Waals surface area contributed by atoms with Gasteiger partial charge in [0.25, 0.3) is 5.91 Å². The molecule has 2 fully saturated rings. The van der Waals surface area contributed by atoms with E-state index in [0.717, 1.165) is 4.90 Å². The predicted molar refractivity (Wildman–Crippen MR) is 106 cm³/mol. The molecule has 5 N–H and O–H groups in total. The van der Waals surface area contributed by atoms with Crippen LogP contribution in [0.25, 0.3) is 0 Å². The van der Waals surface area contributed by atoms with E-state index in [-0.39, 0.29) is 19.4 Å². The van der Waals surface area contributed by atoms with E-state index in [9.17, 15) is 24.0 Å². The summed E-state index contributed by atoms with van der Waals surface area (Å²) in [7, 11) is 0. The first-order valence-electron chi connectivity index (χ1n) is 9.62. The summed E-state index contributed by atoms with van der Waals surface area (Å²) in [5, 5.41) is 15.2. The van der Waals surface area contributed by atoms with Gasteiger partial charge in [0, 0.05) is 18.3 Å². The molecule has 0 saturated carbocycles. The summed E-state index contributed by atoms with van der Waals surface area (Å²) >= 11 is 1.34. The monoisotopic (exact) mass is 453 g/mol. The Kier molecular flexibility index (Phi) is 6.55. The highest BCUT2D eigenvalue weighted by Crippen LogP contribution is 2.34. The first-order chi connectivity index (χ1) is 14.7. The van der Waals surface area contributed by atoms with Crippen molar-refractivity contribution in [1.29, 1.82) is 0 Å². The van der Waals surface area contributed by atoms with E-state index in [2.05, 4.69) is 15.6 Å². The Morgan fingerprint density at radius 1 is 1.48 bits per heavy atom. The van der Waals surface area contributed by atoms with Crippen LogP contribution in [-0.4, -0.2) is 81.5 Å². The molecule has 4 atom stereocenters. The molecule has 3 rings (SSSR count). The van der Waals surface area contributed by atoms with Gasteiger partial charge in [-0.25, -0.2) is 9.78 Å². The SMILES string of the molecule is CC1OC(=O)NC1C(=O)[C@@]1(C(=O)NCC(=O)O)CCCN1C(=O)[C@@H](N)Cc1cscn1. The number of likely N-dealkylation sites (tertiary alicyclic amines) is 1. The maximum absolute atomic E-state index is 13.5. The van der Waals surface area contributed by atoms with Gasteiger partial charge < -0.3 is 31.1 Å². The molecule has 168 valence electrons. The van der Waals surface area contributed by atoms with Crippen molar-refractivity contribution in [2.45, 2.75) is 49.9 Å². The molecule has 1 aromatic rings. The van der Waals surface area contributed by atoms with Crippen LogP contribution in [0.1, 0.15) is 25.5 Å². The topological polar surface area (TPSA) is 181 Å². The molecule has 2 unspecified atom stereocenters. The molecule has 2 saturated heterocycles. The number of nitrogens with two attached hydrogens (primary N) is 1. The van der Waals surface area contributed by atoms with Crippen LogP contribution in [0.4, 0.5) is 4.79 Å². The Labute approximate surface area is 181 Å². The number of aliphatic carboxylic acids is 1. The van der Waals surface area contributed by atoms with Crippen molar-refractivity contribution in [3.05, 3.63) is 16.6 Å². The summed E-state index contributed by atoms with van der Waals surface area (Å²) in [6.45, 7) is 0.827. The van der Waals surface area contributed by atoms with Crippen molar-refractivity contribution in [3.8, 4) is 0 Å². The second-order valence-electron chi connectivity index (χ2n) is 7.42. The molecule has 13 heteroatoms. The highest BCUT2D eigenvalue weighted by Gasteiger charge is 2.59. The van der Waals surface area contributed by atoms with Crippen molar-refractivity contribution in [3.63, 3.8) is 0 Å². The molecule has 0 bridgehead atoms. The highest BCUT2D eigenvalue weighted by atomic mass is 32.1. The van der Waals surface area contributed by atoms with Crippen molar-refractivity contribution < 1.29 is 33.8 Å². The van der Waals surface area contributed by atoms with Crippen LogP contribution in [0.3, 0.4) is 0 Å². The van der Waals surface area contributed by atoms with Gasteiger partial charge in [0.2, 0.25) is 5.91 Å². The molecule has 3 amide bonds. The van der Waals surface area contributed by atoms with E-state index >= 15 is 0 Å². The second-order valence-corrected chi connectivity index (χ2v) is 8.14. The number of rotatable bonds is 8. The lowest BCUT2D eigenvalue weighted by Gasteiger charge is -2.38. The number of carboxylic acids is 1. The number of aromatic nitrogens is 1. The Morgan fingerprint density at radius 2 is 2.23 bits per heavy atom. The first-order valence-corrected chi connectivity index (χ1v) is 10.6. The zero-order valence-corrected chi connectivity index (χ0v) is 17.5. The largest absolute Gasteiger partial charge is 0.480 e. The Hall–Kier alpha value is -3.06. The number of nitrogens with zero attached hydrogens (tertiary/aromatic N) is 2. The van der Waals surface area contributed by atoms with Gasteiger partial charge in [0.1, 0.15) is 18.7 Å². The number of carbonyl (C=O) groups excluding carboxylic acids is 4. The first kappa shape index (κ1) is 22.6. The van der Waals surface area contributed by atoms with Gasteiger partial charge in [0.05, 0.1) is 17.2 Å². The number of hydrogen-bond acceptors (Lipinski definition) is 9. The van der Waals surface area contributed by atoms with E-state index < -0.39 is 59.9 Å². The fourth-order valence-electron chi connectivity index (χ4n) is 3.93. The number of ether oxygens (including phenoxy) is 1. The predicted octanol–water partition coefficient (Wildman–Crippen LogP) is -1.36. The summed E-state index contributed by atoms with van der Waals surface area (Å²) in [5.74, 6) is -3.62. The van der Waals surface area contributed by atoms with Crippen LogP contribution >= 0.6 is 11.3 Å². The van der Waals surface area contributed by atoms with Gasteiger partial charge in [0.15, 0.2) is 11.3 Å². The van der Waals surface area contributed by atoms with Crippen LogP contribution in [0.15, 0.2) is 10.9 Å². The molecule has 3 heterocycles. The maximum Gasteiger partial charge on any atom is 0.408 e. The average Bonchev–Trinajstić information content (AvgIpc) is 3.45. The normalized spacial score (nSPS) is 26.1. The molecule has 0 aromatic carbocycles. The maximum atomic E-state index is 13.5. The summed E-state index contributed by atoms with van der Waals surface area (Å²) in [5.41, 5.74) is 6.27. The van der Waals surface area contributed by atoms with Crippen LogP contribution < -0.4 is 16.4 Å². The van der Waals surface area contributed by atoms with Crippen LogP contribution in [0, 0.1) is 0 Å². The van der Waals surface area contributed by atoms with Gasteiger partial charge in [-0.1, -0.05) is 0 Å². The molecule has 2 aliphatic heterocycles. The number of carbonyl (C=O) groups is 5. The lowest BCUT2D eigenvalue weighted by Crippen LogP contribution is -2.68. The number of Topliss-reactive ketones (excluding diaryl/α,β-unsaturated/α-hetero) is 1. The van der Waals surface area contributed by atoms with Gasteiger partial charge in [-0.15, -0.1) is 11.3 Å². The van der Waals surface area contributed by atoms with Crippen molar-refractivity contribution in [2.24, 2.45) is 5.73 Å². The van der Waals surface area contributed by atoms with Gasteiger partial charge in [-0.3, -0.25) is 19.2 Å². The number of thiazole rings is 1. The fourth-order valence-corrected chi connectivity index (χ4v) is 4.50.